The van der Waals surface area contributed by atoms with E-state index in [9.17, 15) is 24.3 Å². The van der Waals surface area contributed by atoms with E-state index >= 15 is 0 Å². The first-order valence-corrected chi connectivity index (χ1v) is 12.4. The molecule has 0 heterocycles. The van der Waals surface area contributed by atoms with Crippen molar-refractivity contribution in [2.75, 3.05) is 6.61 Å². The zero-order chi connectivity index (χ0) is 26.4. The van der Waals surface area contributed by atoms with Crippen LogP contribution in [0.1, 0.15) is 79.1 Å². The van der Waals surface area contributed by atoms with E-state index in [2.05, 4.69) is 6.92 Å². The molecular weight excluding hydrogens is 476 g/mol. The van der Waals surface area contributed by atoms with Gasteiger partial charge in [0, 0.05) is 32.3 Å². The predicted octanol–water partition coefficient (Wildman–Crippen LogP) is 4.47. The van der Waals surface area contributed by atoms with Crippen molar-refractivity contribution in [3.8, 4) is 0 Å². The standard InChI is InChI=1S/C26H37ClO8/c1-5-7-8-9-10-11-15-26(32)17-21(27)25(31)20(26)16-23(35-19(4)29)22(34-18(3)28)13-12-14-24(30)33-6-2/h10-11,16-17,22-23,32H,5-9,12-15H2,1-4H3. The van der Waals surface area contributed by atoms with Gasteiger partial charge in [-0.3, -0.25) is 19.2 Å². The van der Waals surface area contributed by atoms with Crippen LogP contribution in [0.3, 0.4) is 0 Å². The predicted molar refractivity (Wildman–Crippen MR) is 131 cm³/mol. The van der Waals surface area contributed by atoms with Crippen LogP contribution in [0.15, 0.2) is 34.9 Å². The highest BCUT2D eigenvalue weighted by Gasteiger charge is 2.42. The minimum Gasteiger partial charge on any atom is -0.466 e. The van der Waals surface area contributed by atoms with Gasteiger partial charge in [-0.05, 0) is 44.8 Å². The van der Waals surface area contributed by atoms with Crippen molar-refractivity contribution in [2.45, 2.75) is 96.9 Å². The summed E-state index contributed by atoms with van der Waals surface area (Å²) in [4.78, 5) is 48.0. The third-order valence-corrected chi connectivity index (χ3v) is 5.64. The normalized spacial score (nSPS) is 20.6. The molecule has 1 aliphatic carbocycles. The van der Waals surface area contributed by atoms with Gasteiger partial charge < -0.3 is 19.3 Å². The topological polar surface area (TPSA) is 116 Å². The van der Waals surface area contributed by atoms with Gasteiger partial charge in [-0.25, -0.2) is 0 Å². The number of carbonyl (C=O) groups excluding carboxylic acids is 4. The zero-order valence-electron chi connectivity index (χ0n) is 21.0. The Labute approximate surface area is 212 Å². The smallest absolute Gasteiger partial charge is 0.305 e. The van der Waals surface area contributed by atoms with E-state index in [0.29, 0.717) is 0 Å². The van der Waals surface area contributed by atoms with E-state index in [4.69, 9.17) is 25.8 Å². The molecule has 0 aromatic heterocycles. The lowest BCUT2D eigenvalue weighted by molar-refractivity contribution is -0.162. The van der Waals surface area contributed by atoms with E-state index in [1.54, 1.807) is 13.0 Å². The lowest BCUT2D eigenvalue weighted by atomic mass is 9.90. The first-order valence-electron chi connectivity index (χ1n) is 12.1. The molecule has 3 atom stereocenters. The lowest BCUT2D eigenvalue weighted by Gasteiger charge is -2.27. The van der Waals surface area contributed by atoms with Crippen molar-refractivity contribution in [1.29, 1.82) is 0 Å². The fourth-order valence-electron chi connectivity index (χ4n) is 3.72. The Morgan fingerprint density at radius 2 is 1.77 bits per heavy atom. The van der Waals surface area contributed by atoms with Crippen molar-refractivity contribution < 1.29 is 38.5 Å². The van der Waals surface area contributed by atoms with Gasteiger partial charge in [-0.1, -0.05) is 43.5 Å². The Hall–Kier alpha value is -2.45. The van der Waals surface area contributed by atoms with Gasteiger partial charge in [0.1, 0.15) is 11.7 Å². The minimum absolute atomic E-state index is 0.0606. The van der Waals surface area contributed by atoms with E-state index in [1.807, 2.05) is 6.08 Å². The largest absolute Gasteiger partial charge is 0.466 e. The number of hydrogen-bond donors (Lipinski definition) is 1. The molecule has 0 saturated carbocycles. The fourth-order valence-corrected chi connectivity index (χ4v) is 4.00. The summed E-state index contributed by atoms with van der Waals surface area (Å²) in [5.74, 6) is -2.29. The van der Waals surface area contributed by atoms with E-state index in [1.165, 1.54) is 26.0 Å². The number of unbranched alkanes of at least 4 members (excludes halogenated alkanes) is 3. The second-order valence-corrected chi connectivity index (χ2v) is 8.82. The summed E-state index contributed by atoms with van der Waals surface area (Å²) in [7, 11) is 0. The van der Waals surface area contributed by atoms with Crippen LogP contribution in [0.25, 0.3) is 0 Å². The highest BCUT2D eigenvalue weighted by Crippen LogP contribution is 2.37. The average Bonchev–Trinajstić information content (AvgIpc) is 2.97. The number of carbonyl (C=O) groups is 4. The van der Waals surface area contributed by atoms with Crippen LogP contribution < -0.4 is 0 Å². The summed E-state index contributed by atoms with van der Waals surface area (Å²) in [6.07, 6.45) is 8.81. The number of Topliss-reactive ketones (excluding diaryl/α,β-unsaturated/α-hetero) is 1. The second kappa shape index (κ2) is 15.5. The number of ketones is 1. The molecule has 9 heteroatoms. The Balaban J connectivity index is 3.18. The Kier molecular flexibility index (Phi) is 13.6. The molecule has 1 aliphatic rings. The molecule has 3 unspecified atom stereocenters. The first kappa shape index (κ1) is 30.6. The number of aliphatic hydroxyl groups is 1. The van der Waals surface area contributed by atoms with Crippen LogP contribution >= 0.6 is 11.6 Å². The molecule has 1 rings (SSSR count). The maximum absolute atomic E-state index is 12.8. The Morgan fingerprint density at radius 1 is 1.09 bits per heavy atom. The lowest BCUT2D eigenvalue weighted by Crippen LogP contribution is -2.36. The van der Waals surface area contributed by atoms with Gasteiger partial charge in [0.15, 0.2) is 6.10 Å². The van der Waals surface area contributed by atoms with Crippen LogP contribution in [0.2, 0.25) is 0 Å². The molecule has 0 saturated heterocycles. The summed E-state index contributed by atoms with van der Waals surface area (Å²) >= 11 is 6.07. The molecule has 196 valence electrons. The van der Waals surface area contributed by atoms with Crippen LogP contribution in [0, 0.1) is 0 Å². The van der Waals surface area contributed by atoms with Crippen molar-refractivity contribution in [2.24, 2.45) is 0 Å². The molecule has 0 bridgehead atoms. The molecule has 0 radical (unpaired) electrons. The van der Waals surface area contributed by atoms with Crippen molar-refractivity contribution in [3.63, 3.8) is 0 Å². The number of halogens is 1. The maximum atomic E-state index is 12.8. The fraction of sp³-hybridized carbons (Fsp3) is 0.615. The molecule has 0 aromatic rings. The molecule has 0 spiro atoms. The van der Waals surface area contributed by atoms with Gasteiger partial charge >= 0.3 is 17.9 Å². The Morgan fingerprint density at radius 3 is 2.37 bits per heavy atom. The molecular formula is C26H37ClO8. The summed E-state index contributed by atoms with van der Waals surface area (Å²) in [6.45, 7) is 6.44. The first-order chi connectivity index (χ1) is 16.5. The third kappa shape index (κ3) is 10.8. The van der Waals surface area contributed by atoms with Gasteiger partial charge in [0.05, 0.1) is 11.6 Å². The number of esters is 3. The summed E-state index contributed by atoms with van der Waals surface area (Å²) < 4.78 is 15.6. The molecule has 0 amide bonds. The highest BCUT2D eigenvalue weighted by molar-refractivity contribution is 6.46. The number of allylic oxidation sites excluding steroid dienone is 2. The second-order valence-electron chi connectivity index (χ2n) is 8.42. The summed E-state index contributed by atoms with van der Waals surface area (Å²) in [6, 6.07) is 0. The minimum atomic E-state index is -1.69. The van der Waals surface area contributed by atoms with E-state index < -0.39 is 41.5 Å². The Bertz CT molecular complexity index is 844. The zero-order valence-corrected chi connectivity index (χ0v) is 21.8. The van der Waals surface area contributed by atoms with Gasteiger partial charge in [-0.2, -0.15) is 0 Å². The van der Waals surface area contributed by atoms with Gasteiger partial charge in [0.25, 0.3) is 0 Å². The summed E-state index contributed by atoms with van der Waals surface area (Å²) in [5.41, 5.74) is -1.76. The van der Waals surface area contributed by atoms with Gasteiger partial charge in [0.2, 0.25) is 5.78 Å². The van der Waals surface area contributed by atoms with Gasteiger partial charge in [-0.15, -0.1) is 0 Å². The highest BCUT2D eigenvalue weighted by atomic mass is 35.5. The van der Waals surface area contributed by atoms with Crippen LogP contribution in [-0.2, 0) is 33.4 Å². The molecule has 0 aliphatic heterocycles. The number of rotatable bonds is 15. The molecule has 0 aromatic carbocycles. The van der Waals surface area contributed by atoms with Crippen molar-refractivity contribution >= 4 is 35.3 Å². The third-order valence-electron chi connectivity index (χ3n) is 5.36. The van der Waals surface area contributed by atoms with Crippen molar-refractivity contribution in [3.05, 3.63) is 34.9 Å². The molecule has 1 N–H and O–H groups in total. The van der Waals surface area contributed by atoms with Crippen LogP contribution in [0.5, 0.6) is 0 Å². The molecule has 35 heavy (non-hydrogen) atoms. The van der Waals surface area contributed by atoms with E-state index in [-0.39, 0.29) is 42.9 Å². The van der Waals surface area contributed by atoms with Crippen LogP contribution in [0.4, 0.5) is 0 Å². The van der Waals surface area contributed by atoms with Crippen LogP contribution in [-0.4, -0.2) is 53.2 Å². The molecule has 0 fully saturated rings. The maximum Gasteiger partial charge on any atom is 0.305 e. The SMILES string of the molecule is CCCCCC=CCC1(O)C=C(Cl)C(=O)C1=CC(OC(C)=O)C(CCCC(=O)OCC)OC(C)=O. The quantitative estimate of drug-likeness (QED) is 0.112. The number of hydrogen-bond acceptors (Lipinski definition) is 8. The van der Waals surface area contributed by atoms with E-state index in [0.717, 1.165) is 25.7 Å². The summed E-state index contributed by atoms with van der Waals surface area (Å²) in [5, 5.41) is 11.1. The van der Waals surface area contributed by atoms with Crippen molar-refractivity contribution in [1.82, 2.24) is 0 Å². The average molecular weight is 513 g/mol. The number of ether oxygens (including phenoxy) is 3. The monoisotopic (exact) mass is 512 g/mol. The molecule has 8 nitrogen and oxygen atoms in total.